The second kappa shape index (κ2) is 8.65. The van der Waals surface area contributed by atoms with Gasteiger partial charge in [0.15, 0.2) is 0 Å². The first-order valence-corrected chi connectivity index (χ1v) is 9.41. The van der Waals surface area contributed by atoms with Gasteiger partial charge in [0.05, 0.1) is 0 Å². The van der Waals surface area contributed by atoms with Crippen molar-refractivity contribution < 1.29 is 4.79 Å². The molecule has 0 bridgehead atoms. The van der Waals surface area contributed by atoms with Crippen LogP contribution < -0.4 is 15.5 Å². The van der Waals surface area contributed by atoms with Crippen LogP contribution in [0.4, 0.5) is 17.3 Å². The summed E-state index contributed by atoms with van der Waals surface area (Å²) in [5.74, 6) is 0.248. The fourth-order valence-electron chi connectivity index (χ4n) is 2.98. The smallest absolute Gasteiger partial charge is 0.274 e. The van der Waals surface area contributed by atoms with Crippen molar-refractivity contribution in [3.05, 3.63) is 42.2 Å². The zero-order valence-electron chi connectivity index (χ0n) is 15.5. The normalized spacial score (nSPS) is 15.4. The Bertz CT molecular complexity index is 725. The molecule has 1 aromatic carbocycles. The van der Waals surface area contributed by atoms with E-state index < -0.39 is 0 Å². The van der Waals surface area contributed by atoms with E-state index in [0.717, 1.165) is 25.2 Å². The molecule has 1 amide bonds. The summed E-state index contributed by atoms with van der Waals surface area (Å²) in [6.45, 7) is 6.36. The van der Waals surface area contributed by atoms with Gasteiger partial charge >= 0.3 is 0 Å². The number of rotatable bonds is 6. The summed E-state index contributed by atoms with van der Waals surface area (Å²) in [6, 6.07) is 9.91. The molecule has 1 aliphatic heterocycles. The summed E-state index contributed by atoms with van der Waals surface area (Å²) >= 11 is 0. The Balaban J connectivity index is 1.63. The first kappa shape index (κ1) is 18.2. The Hall–Kier alpha value is -2.63. The molecule has 6 nitrogen and oxygen atoms in total. The van der Waals surface area contributed by atoms with Crippen molar-refractivity contribution in [2.75, 3.05) is 28.6 Å². The van der Waals surface area contributed by atoms with Crippen LogP contribution in [0.15, 0.2) is 36.5 Å². The van der Waals surface area contributed by atoms with Crippen molar-refractivity contribution in [3.8, 4) is 0 Å². The molecule has 2 N–H and O–H groups in total. The van der Waals surface area contributed by atoms with Gasteiger partial charge in [-0.05, 0) is 62.9 Å². The molecule has 0 saturated carbocycles. The highest BCUT2D eigenvalue weighted by Crippen LogP contribution is 2.22. The van der Waals surface area contributed by atoms with Crippen molar-refractivity contribution in [2.45, 2.75) is 45.6 Å². The average Bonchev–Trinajstić information content (AvgIpc) is 2.69. The molecule has 1 aliphatic rings. The number of nitrogens with one attached hydrogen (secondary N) is 2. The van der Waals surface area contributed by atoms with E-state index in [-0.39, 0.29) is 11.9 Å². The summed E-state index contributed by atoms with van der Waals surface area (Å²) in [7, 11) is 0. The third-order valence-corrected chi connectivity index (χ3v) is 4.72. The third kappa shape index (κ3) is 4.71. The number of nitrogens with zero attached hydrogens (tertiary/aromatic N) is 3. The molecule has 2 aromatic rings. The maximum atomic E-state index is 12.5. The Morgan fingerprint density at radius 2 is 1.88 bits per heavy atom. The maximum Gasteiger partial charge on any atom is 0.274 e. The van der Waals surface area contributed by atoms with Gasteiger partial charge in [-0.25, -0.2) is 9.97 Å². The highest BCUT2D eigenvalue weighted by molar-refractivity contribution is 6.03. The van der Waals surface area contributed by atoms with E-state index in [1.807, 2.05) is 12.1 Å². The summed E-state index contributed by atoms with van der Waals surface area (Å²) in [5.41, 5.74) is 2.33. The molecule has 6 heteroatoms. The Morgan fingerprint density at radius 3 is 2.58 bits per heavy atom. The lowest BCUT2D eigenvalue weighted by atomic mass is 10.1. The fraction of sp³-hybridized carbons (Fsp3) is 0.450. The number of carbonyl (C=O) groups is 1. The number of benzene rings is 1. The first-order chi connectivity index (χ1) is 12.7. The predicted molar refractivity (Wildman–Crippen MR) is 106 cm³/mol. The standard InChI is InChI=1S/C20H27N5O/c1-3-15(2)22-20-21-12-11-18(24-20)19(26)23-16-7-9-17(10-8-16)25-13-5-4-6-14-25/h7-12,15H,3-6,13-14H2,1-2H3,(H,23,26)(H,21,22,24). The van der Waals surface area contributed by atoms with Gasteiger partial charge in [0.25, 0.3) is 5.91 Å². The minimum absolute atomic E-state index is 0.231. The van der Waals surface area contributed by atoms with E-state index in [1.165, 1.54) is 24.9 Å². The van der Waals surface area contributed by atoms with Gasteiger partial charge in [0, 0.05) is 36.7 Å². The molecule has 0 aliphatic carbocycles. The van der Waals surface area contributed by atoms with Crippen LogP contribution in [0.5, 0.6) is 0 Å². The van der Waals surface area contributed by atoms with E-state index in [2.05, 4.69) is 51.5 Å². The van der Waals surface area contributed by atoms with Crippen LogP contribution in [0.1, 0.15) is 50.0 Å². The van der Waals surface area contributed by atoms with Crippen LogP contribution in [-0.2, 0) is 0 Å². The molecule has 1 unspecified atom stereocenters. The van der Waals surface area contributed by atoms with Crippen LogP contribution in [0, 0.1) is 0 Å². The van der Waals surface area contributed by atoms with Gasteiger partial charge in [0.2, 0.25) is 5.95 Å². The first-order valence-electron chi connectivity index (χ1n) is 9.41. The van der Waals surface area contributed by atoms with E-state index in [9.17, 15) is 4.79 Å². The fourth-order valence-corrected chi connectivity index (χ4v) is 2.98. The molecule has 0 spiro atoms. The lowest BCUT2D eigenvalue weighted by Gasteiger charge is -2.28. The number of hydrogen-bond acceptors (Lipinski definition) is 5. The second-order valence-corrected chi connectivity index (χ2v) is 6.77. The zero-order chi connectivity index (χ0) is 18.4. The van der Waals surface area contributed by atoms with E-state index in [4.69, 9.17) is 0 Å². The molecule has 1 saturated heterocycles. The Labute approximate surface area is 155 Å². The number of hydrogen-bond donors (Lipinski definition) is 2. The van der Waals surface area contributed by atoms with Gasteiger partial charge in [-0.15, -0.1) is 0 Å². The minimum atomic E-state index is -0.231. The van der Waals surface area contributed by atoms with Gasteiger partial charge in [-0.2, -0.15) is 0 Å². The van der Waals surface area contributed by atoms with Crippen molar-refractivity contribution in [3.63, 3.8) is 0 Å². The van der Waals surface area contributed by atoms with Crippen molar-refractivity contribution in [2.24, 2.45) is 0 Å². The molecular weight excluding hydrogens is 326 g/mol. The Morgan fingerprint density at radius 1 is 1.15 bits per heavy atom. The van der Waals surface area contributed by atoms with Gasteiger partial charge in [0.1, 0.15) is 5.69 Å². The summed E-state index contributed by atoms with van der Waals surface area (Å²) < 4.78 is 0. The number of amides is 1. The molecular formula is C20H27N5O. The quantitative estimate of drug-likeness (QED) is 0.823. The molecule has 3 rings (SSSR count). The van der Waals surface area contributed by atoms with Gasteiger partial charge < -0.3 is 15.5 Å². The van der Waals surface area contributed by atoms with Crippen molar-refractivity contribution in [1.82, 2.24) is 9.97 Å². The number of piperidine rings is 1. The molecule has 2 heterocycles. The Kier molecular flexibility index (Phi) is 6.04. The van der Waals surface area contributed by atoms with Crippen LogP contribution in [0.2, 0.25) is 0 Å². The van der Waals surface area contributed by atoms with Gasteiger partial charge in [-0.1, -0.05) is 6.92 Å². The summed E-state index contributed by atoms with van der Waals surface area (Å²) in [4.78, 5) is 23.3. The number of aromatic nitrogens is 2. The van der Waals surface area contributed by atoms with E-state index in [1.54, 1.807) is 12.3 Å². The summed E-state index contributed by atoms with van der Waals surface area (Å²) in [6.07, 6.45) is 6.38. The van der Waals surface area contributed by atoms with Crippen LogP contribution in [0.3, 0.4) is 0 Å². The molecule has 1 atom stereocenters. The van der Waals surface area contributed by atoms with Crippen LogP contribution in [0.25, 0.3) is 0 Å². The molecule has 1 aromatic heterocycles. The maximum absolute atomic E-state index is 12.5. The molecule has 0 radical (unpaired) electrons. The number of anilines is 3. The molecule has 1 fully saturated rings. The second-order valence-electron chi connectivity index (χ2n) is 6.77. The zero-order valence-corrected chi connectivity index (χ0v) is 15.5. The largest absolute Gasteiger partial charge is 0.372 e. The average molecular weight is 353 g/mol. The topological polar surface area (TPSA) is 70.2 Å². The van der Waals surface area contributed by atoms with E-state index in [0.29, 0.717) is 11.6 Å². The van der Waals surface area contributed by atoms with Crippen molar-refractivity contribution in [1.29, 1.82) is 0 Å². The highest BCUT2D eigenvalue weighted by atomic mass is 16.1. The predicted octanol–water partition coefficient (Wildman–Crippen LogP) is 3.93. The van der Waals surface area contributed by atoms with Crippen LogP contribution in [-0.4, -0.2) is 35.0 Å². The number of carbonyl (C=O) groups excluding carboxylic acids is 1. The minimum Gasteiger partial charge on any atom is -0.372 e. The third-order valence-electron chi connectivity index (χ3n) is 4.72. The van der Waals surface area contributed by atoms with Crippen LogP contribution >= 0.6 is 0 Å². The van der Waals surface area contributed by atoms with Crippen molar-refractivity contribution >= 4 is 23.2 Å². The van der Waals surface area contributed by atoms with E-state index >= 15 is 0 Å². The highest BCUT2D eigenvalue weighted by Gasteiger charge is 2.12. The SMILES string of the molecule is CCC(C)Nc1nccc(C(=O)Nc2ccc(N3CCCCC3)cc2)n1. The monoisotopic (exact) mass is 353 g/mol. The lowest BCUT2D eigenvalue weighted by Crippen LogP contribution is -2.29. The van der Waals surface area contributed by atoms with Gasteiger partial charge in [-0.3, -0.25) is 4.79 Å². The lowest BCUT2D eigenvalue weighted by molar-refractivity contribution is 0.102. The molecule has 26 heavy (non-hydrogen) atoms. The molecule has 138 valence electrons. The summed E-state index contributed by atoms with van der Waals surface area (Å²) in [5, 5.41) is 6.09.